The van der Waals surface area contributed by atoms with Crippen molar-refractivity contribution in [2.45, 2.75) is 6.42 Å². The second-order valence-electron chi connectivity index (χ2n) is 4.70. The van der Waals surface area contributed by atoms with Crippen molar-refractivity contribution in [3.63, 3.8) is 0 Å². The van der Waals surface area contributed by atoms with Crippen molar-refractivity contribution in [2.24, 2.45) is 0 Å². The molecule has 0 spiro atoms. The Kier molecular flexibility index (Phi) is 4.83. The summed E-state index contributed by atoms with van der Waals surface area (Å²) in [5.41, 5.74) is 5.57. The lowest BCUT2D eigenvalue weighted by Crippen LogP contribution is -2.01. The maximum absolute atomic E-state index is 11.1. The van der Waals surface area contributed by atoms with Gasteiger partial charge >= 0.3 is 14.2 Å². The van der Waals surface area contributed by atoms with Crippen LogP contribution in [-0.4, -0.2) is 20.9 Å². The van der Waals surface area contributed by atoms with Crippen molar-refractivity contribution in [3.8, 4) is 11.1 Å². The standard InChI is InChI=1S/C16H12O2.HO3P/c1-10(16(17)18)12-7-4-8-14-13-6-3-2-5-11(13)9-15(12)14;1-4(2)3/h2-8H,1,9H2,(H,17,18);(H-,1,2,3)/p+1. The van der Waals surface area contributed by atoms with Crippen LogP contribution >= 0.6 is 8.25 Å². The maximum atomic E-state index is 11.1. The summed E-state index contributed by atoms with van der Waals surface area (Å²) >= 11 is 0. The lowest BCUT2D eigenvalue weighted by Gasteiger charge is -2.07. The first-order valence-corrected chi connectivity index (χ1v) is 7.56. The number of fused-ring (bicyclic) bond motifs is 3. The van der Waals surface area contributed by atoms with Crippen LogP contribution in [0.4, 0.5) is 0 Å². The van der Waals surface area contributed by atoms with Crippen molar-refractivity contribution in [1.82, 2.24) is 0 Å². The second kappa shape index (κ2) is 6.62. The van der Waals surface area contributed by atoms with E-state index >= 15 is 0 Å². The van der Waals surface area contributed by atoms with Crippen molar-refractivity contribution < 1.29 is 24.3 Å². The van der Waals surface area contributed by atoms with Gasteiger partial charge in [0.25, 0.3) is 0 Å². The molecule has 22 heavy (non-hydrogen) atoms. The molecule has 3 N–H and O–H groups in total. The van der Waals surface area contributed by atoms with Gasteiger partial charge in [-0.25, -0.2) is 4.79 Å². The first-order chi connectivity index (χ1) is 10.4. The number of carboxylic acids is 1. The molecule has 3 rings (SSSR count). The van der Waals surface area contributed by atoms with Crippen LogP contribution in [0.15, 0.2) is 49.0 Å². The minimum Gasteiger partial charge on any atom is -0.478 e. The number of rotatable bonds is 2. The quantitative estimate of drug-likeness (QED) is 0.499. The van der Waals surface area contributed by atoms with Crippen molar-refractivity contribution >= 4 is 19.8 Å². The molecule has 0 saturated heterocycles. The molecular weight excluding hydrogens is 303 g/mol. The summed E-state index contributed by atoms with van der Waals surface area (Å²) < 4.78 is 8.70. The van der Waals surface area contributed by atoms with E-state index in [1.807, 2.05) is 30.3 Å². The van der Waals surface area contributed by atoms with Crippen LogP contribution in [-0.2, 0) is 15.8 Å². The minimum absolute atomic E-state index is 0.166. The lowest BCUT2D eigenvalue weighted by molar-refractivity contribution is -0.130. The zero-order valence-electron chi connectivity index (χ0n) is 11.6. The fourth-order valence-electron chi connectivity index (χ4n) is 2.56. The third-order valence-corrected chi connectivity index (χ3v) is 3.43. The third kappa shape index (κ3) is 3.28. The van der Waals surface area contributed by atoms with Gasteiger partial charge < -0.3 is 5.11 Å². The zero-order chi connectivity index (χ0) is 16.3. The SMILES string of the molecule is C=C(C(=O)O)c1cccc2c1Cc1ccccc1-2.O=[P+](O)O. The fraction of sp³-hybridized carbons (Fsp3) is 0.0625. The Morgan fingerprint density at radius 1 is 1.05 bits per heavy atom. The zero-order valence-corrected chi connectivity index (χ0v) is 12.5. The highest BCUT2D eigenvalue weighted by atomic mass is 31.1. The summed E-state index contributed by atoms with van der Waals surface area (Å²) in [5, 5.41) is 9.08. The molecule has 0 radical (unpaired) electrons. The van der Waals surface area contributed by atoms with Gasteiger partial charge in [-0.3, -0.25) is 0 Å². The molecule has 0 atom stereocenters. The topological polar surface area (TPSA) is 94.8 Å². The average Bonchev–Trinajstić information content (AvgIpc) is 2.84. The first kappa shape index (κ1) is 16.0. The molecule has 2 aromatic carbocycles. The fourth-order valence-corrected chi connectivity index (χ4v) is 2.56. The molecule has 1 aliphatic rings. The molecule has 1 aliphatic carbocycles. The van der Waals surface area contributed by atoms with Crippen LogP contribution in [0, 0.1) is 0 Å². The van der Waals surface area contributed by atoms with Gasteiger partial charge in [-0.2, -0.15) is 0 Å². The van der Waals surface area contributed by atoms with Gasteiger partial charge in [0.05, 0.1) is 5.57 Å². The Morgan fingerprint density at radius 2 is 1.64 bits per heavy atom. The monoisotopic (exact) mass is 317 g/mol. The lowest BCUT2D eigenvalue weighted by atomic mass is 9.96. The average molecular weight is 317 g/mol. The Bertz CT molecular complexity index is 763. The van der Waals surface area contributed by atoms with Gasteiger partial charge in [-0.15, -0.1) is 9.79 Å². The summed E-state index contributed by atoms with van der Waals surface area (Å²) in [6.07, 6.45) is 0.786. The Hall–Kier alpha value is -2.33. The van der Waals surface area contributed by atoms with E-state index in [0.29, 0.717) is 0 Å². The van der Waals surface area contributed by atoms with E-state index in [0.717, 1.165) is 23.1 Å². The molecule has 5 nitrogen and oxygen atoms in total. The predicted molar refractivity (Wildman–Crippen MR) is 83.4 cm³/mol. The van der Waals surface area contributed by atoms with Crippen molar-refractivity contribution in [3.05, 3.63) is 65.7 Å². The second-order valence-corrected chi connectivity index (χ2v) is 5.21. The van der Waals surface area contributed by atoms with E-state index in [1.54, 1.807) is 0 Å². The van der Waals surface area contributed by atoms with Gasteiger partial charge in [-0.1, -0.05) is 49.0 Å². The maximum Gasteiger partial charge on any atom is 0.692 e. The molecular formula is C16H14O5P+. The Balaban J connectivity index is 0.000000396. The van der Waals surface area contributed by atoms with E-state index in [2.05, 4.69) is 18.7 Å². The van der Waals surface area contributed by atoms with E-state index in [1.165, 1.54) is 11.1 Å². The predicted octanol–water partition coefficient (Wildman–Crippen LogP) is 2.98. The number of hydrogen-bond donors (Lipinski definition) is 3. The molecule has 0 heterocycles. The largest absolute Gasteiger partial charge is 0.692 e. The van der Waals surface area contributed by atoms with Gasteiger partial charge in [0, 0.05) is 4.57 Å². The van der Waals surface area contributed by atoms with E-state index in [-0.39, 0.29) is 5.57 Å². The highest BCUT2D eigenvalue weighted by Crippen LogP contribution is 2.39. The summed E-state index contributed by atoms with van der Waals surface area (Å²) in [6.45, 7) is 3.67. The third-order valence-electron chi connectivity index (χ3n) is 3.43. The van der Waals surface area contributed by atoms with Gasteiger partial charge in [0.15, 0.2) is 0 Å². The number of benzene rings is 2. The number of carboxylic acid groups (broad SMARTS) is 1. The van der Waals surface area contributed by atoms with Crippen LogP contribution in [0.2, 0.25) is 0 Å². The van der Waals surface area contributed by atoms with Gasteiger partial charge in [-0.05, 0) is 34.2 Å². The Morgan fingerprint density at radius 3 is 2.27 bits per heavy atom. The van der Waals surface area contributed by atoms with Crippen LogP contribution in [0.25, 0.3) is 16.7 Å². The van der Waals surface area contributed by atoms with Crippen LogP contribution in [0.1, 0.15) is 16.7 Å². The summed E-state index contributed by atoms with van der Waals surface area (Å²) in [4.78, 5) is 25.3. The summed E-state index contributed by atoms with van der Waals surface area (Å²) in [5.74, 6) is -0.959. The summed E-state index contributed by atoms with van der Waals surface area (Å²) in [6, 6.07) is 13.9. The molecule has 2 aromatic rings. The smallest absolute Gasteiger partial charge is 0.478 e. The van der Waals surface area contributed by atoms with Crippen LogP contribution < -0.4 is 0 Å². The first-order valence-electron chi connectivity index (χ1n) is 6.39. The van der Waals surface area contributed by atoms with Gasteiger partial charge in [0.1, 0.15) is 0 Å². The van der Waals surface area contributed by atoms with E-state index in [9.17, 15) is 4.79 Å². The van der Waals surface area contributed by atoms with Gasteiger partial charge in [0.2, 0.25) is 0 Å². The number of hydrogen-bond acceptors (Lipinski definition) is 2. The molecule has 0 aromatic heterocycles. The highest BCUT2D eigenvalue weighted by molar-refractivity contribution is 7.30. The molecule has 112 valence electrons. The molecule has 0 fully saturated rings. The van der Waals surface area contributed by atoms with Crippen molar-refractivity contribution in [2.75, 3.05) is 0 Å². The number of aliphatic carboxylic acids is 1. The normalized spacial score (nSPS) is 10.8. The molecule has 0 aliphatic heterocycles. The van der Waals surface area contributed by atoms with Crippen LogP contribution in [0.5, 0.6) is 0 Å². The number of carbonyl (C=O) groups is 1. The van der Waals surface area contributed by atoms with E-state index < -0.39 is 14.2 Å². The van der Waals surface area contributed by atoms with Crippen LogP contribution in [0.3, 0.4) is 0 Å². The highest BCUT2D eigenvalue weighted by Gasteiger charge is 2.22. The minimum atomic E-state index is -2.87. The molecule has 0 bridgehead atoms. The molecule has 0 unspecified atom stereocenters. The molecule has 0 amide bonds. The molecule has 0 saturated carbocycles. The van der Waals surface area contributed by atoms with Crippen molar-refractivity contribution in [1.29, 1.82) is 0 Å². The molecule has 6 heteroatoms. The Labute approximate surface area is 128 Å². The van der Waals surface area contributed by atoms with E-state index in [4.69, 9.17) is 19.5 Å². The summed E-state index contributed by atoms with van der Waals surface area (Å²) in [7, 11) is -2.87.